The quantitative estimate of drug-likeness (QED) is 0.749. The van der Waals surface area contributed by atoms with Crippen LogP contribution in [0.1, 0.15) is 29.0 Å². The highest BCUT2D eigenvalue weighted by Gasteiger charge is 2.15. The largest absolute Gasteiger partial charge is 0.344 e. The van der Waals surface area contributed by atoms with Crippen LogP contribution in [0.2, 0.25) is 5.15 Å². The third-order valence-electron chi connectivity index (χ3n) is 3.41. The van der Waals surface area contributed by atoms with Crippen molar-refractivity contribution in [3.63, 3.8) is 0 Å². The van der Waals surface area contributed by atoms with Gasteiger partial charge in [-0.15, -0.1) is 0 Å². The first-order valence-electron chi connectivity index (χ1n) is 6.92. The summed E-state index contributed by atoms with van der Waals surface area (Å²) in [6.45, 7) is 1.89. The number of hydrogen-bond donors (Lipinski definition) is 1. The summed E-state index contributed by atoms with van der Waals surface area (Å²) in [5, 5.41) is 4.02. The lowest BCUT2D eigenvalue weighted by Crippen LogP contribution is -2.27. The molecule has 0 saturated heterocycles. The predicted octanol–water partition coefficient (Wildman–Crippen LogP) is 3.77. The van der Waals surface area contributed by atoms with Crippen LogP contribution in [0.5, 0.6) is 0 Å². The number of hydrogen-bond acceptors (Lipinski definition) is 3. The second-order valence-corrected chi connectivity index (χ2v) is 5.35. The molecule has 4 nitrogen and oxygen atoms in total. The molecule has 3 rings (SSSR count). The maximum absolute atomic E-state index is 12.6. The molecule has 5 heteroatoms. The zero-order valence-electron chi connectivity index (χ0n) is 12.0. The van der Waals surface area contributed by atoms with Crippen molar-refractivity contribution in [2.24, 2.45) is 0 Å². The molecular weight excluding hydrogens is 298 g/mol. The van der Waals surface area contributed by atoms with E-state index in [4.69, 9.17) is 11.6 Å². The van der Waals surface area contributed by atoms with Gasteiger partial charge in [0.2, 0.25) is 0 Å². The number of fused-ring (bicyclic) bond motifs is 1. The highest BCUT2D eigenvalue weighted by molar-refractivity contribution is 6.30. The van der Waals surface area contributed by atoms with E-state index in [0.29, 0.717) is 16.2 Å². The SMILES string of the molecule is CC(NC(=O)c1cc(Cl)nc2ccccc12)c1ccccn1. The average molecular weight is 312 g/mol. The Morgan fingerprint density at radius 2 is 1.95 bits per heavy atom. The number of amides is 1. The van der Waals surface area contributed by atoms with Crippen LogP contribution in [0.15, 0.2) is 54.7 Å². The molecule has 0 spiro atoms. The topological polar surface area (TPSA) is 54.9 Å². The lowest BCUT2D eigenvalue weighted by molar-refractivity contribution is 0.0940. The van der Waals surface area contributed by atoms with Crippen LogP contribution in [0, 0.1) is 0 Å². The Balaban J connectivity index is 1.93. The summed E-state index contributed by atoms with van der Waals surface area (Å²) >= 11 is 6.02. The minimum atomic E-state index is -0.196. The summed E-state index contributed by atoms with van der Waals surface area (Å²) in [5.74, 6) is -0.196. The fourth-order valence-corrected chi connectivity index (χ4v) is 2.51. The summed E-state index contributed by atoms with van der Waals surface area (Å²) in [5.41, 5.74) is 2.02. The highest BCUT2D eigenvalue weighted by Crippen LogP contribution is 2.21. The molecule has 0 fully saturated rings. The second kappa shape index (κ2) is 6.12. The number of carbonyl (C=O) groups is 1. The van der Waals surface area contributed by atoms with Crippen LogP contribution in [-0.4, -0.2) is 15.9 Å². The van der Waals surface area contributed by atoms with Gasteiger partial charge >= 0.3 is 0 Å². The van der Waals surface area contributed by atoms with Gasteiger partial charge in [0.1, 0.15) is 5.15 Å². The molecule has 0 aliphatic carbocycles. The monoisotopic (exact) mass is 311 g/mol. The average Bonchev–Trinajstić information content (AvgIpc) is 2.54. The van der Waals surface area contributed by atoms with Gasteiger partial charge in [-0.1, -0.05) is 35.9 Å². The molecule has 0 aliphatic heterocycles. The maximum Gasteiger partial charge on any atom is 0.252 e. The molecule has 2 aromatic heterocycles. The van der Waals surface area contributed by atoms with Gasteiger partial charge in [0.15, 0.2) is 0 Å². The molecule has 1 unspecified atom stereocenters. The van der Waals surface area contributed by atoms with E-state index in [2.05, 4.69) is 15.3 Å². The molecule has 0 bridgehead atoms. The van der Waals surface area contributed by atoms with Crippen molar-refractivity contribution in [2.45, 2.75) is 13.0 Å². The van der Waals surface area contributed by atoms with Crippen molar-refractivity contribution in [1.29, 1.82) is 0 Å². The molecule has 0 radical (unpaired) electrons. The zero-order chi connectivity index (χ0) is 15.5. The Bertz CT molecular complexity index is 821. The van der Waals surface area contributed by atoms with E-state index in [9.17, 15) is 4.79 Å². The number of benzene rings is 1. The van der Waals surface area contributed by atoms with Crippen LogP contribution in [0.4, 0.5) is 0 Å². The zero-order valence-corrected chi connectivity index (χ0v) is 12.7. The van der Waals surface area contributed by atoms with Crippen LogP contribution >= 0.6 is 11.6 Å². The Hall–Kier alpha value is -2.46. The maximum atomic E-state index is 12.6. The third kappa shape index (κ3) is 2.92. The van der Waals surface area contributed by atoms with Gasteiger partial charge in [0, 0.05) is 11.6 Å². The van der Waals surface area contributed by atoms with Crippen LogP contribution < -0.4 is 5.32 Å². The van der Waals surface area contributed by atoms with E-state index in [1.54, 1.807) is 12.3 Å². The van der Waals surface area contributed by atoms with Gasteiger partial charge in [-0.3, -0.25) is 9.78 Å². The van der Waals surface area contributed by atoms with Gasteiger partial charge in [-0.25, -0.2) is 4.98 Å². The summed E-state index contributed by atoms with van der Waals surface area (Å²) in [6.07, 6.45) is 1.71. The third-order valence-corrected chi connectivity index (χ3v) is 3.60. The molecule has 110 valence electrons. The number of aromatic nitrogens is 2. The van der Waals surface area contributed by atoms with Gasteiger partial charge < -0.3 is 5.32 Å². The van der Waals surface area contributed by atoms with Crippen molar-refractivity contribution in [2.75, 3.05) is 0 Å². The minimum Gasteiger partial charge on any atom is -0.344 e. The molecule has 0 saturated carbocycles. The van der Waals surface area contributed by atoms with Crippen molar-refractivity contribution in [3.8, 4) is 0 Å². The van der Waals surface area contributed by atoms with E-state index in [1.807, 2.05) is 49.4 Å². The first-order chi connectivity index (χ1) is 10.6. The number of pyridine rings is 2. The number of nitrogens with one attached hydrogen (secondary N) is 1. The number of nitrogens with zero attached hydrogens (tertiary/aromatic N) is 2. The Kier molecular flexibility index (Phi) is 4.02. The molecule has 22 heavy (non-hydrogen) atoms. The van der Waals surface area contributed by atoms with E-state index in [0.717, 1.165) is 11.1 Å². The smallest absolute Gasteiger partial charge is 0.252 e. The molecule has 1 atom stereocenters. The van der Waals surface area contributed by atoms with Crippen molar-refractivity contribution in [1.82, 2.24) is 15.3 Å². The first kappa shape index (κ1) is 14.5. The van der Waals surface area contributed by atoms with Crippen LogP contribution in [0.25, 0.3) is 10.9 Å². The summed E-state index contributed by atoms with van der Waals surface area (Å²) in [4.78, 5) is 21.1. The standard InChI is InChI=1S/C17H14ClN3O/c1-11(14-7-4-5-9-19-14)20-17(22)13-10-16(18)21-15-8-3-2-6-12(13)15/h2-11H,1H3,(H,20,22). The number of rotatable bonds is 3. The van der Waals surface area contributed by atoms with Crippen molar-refractivity contribution >= 4 is 28.4 Å². The van der Waals surface area contributed by atoms with Gasteiger partial charge in [0.25, 0.3) is 5.91 Å². The van der Waals surface area contributed by atoms with Gasteiger partial charge in [-0.05, 0) is 31.2 Å². The normalized spacial score (nSPS) is 12.1. The molecule has 2 heterocycles. The lowest BCUT2D eigenvalue weighted by atomic mass is 10.1. The first-order valence-corrected chi connectivity index (χ1v) is 7.30. The van der Waals surface area contributed by atoms with Crippen LogP contribution in [-0.2, 0) is 0 Å². The number of halogens is 1. The molecular formula is C17H14ClN3O. The van der Waals surface area contributed by atoms with E-state index < -0.39 is 0 Å². The molecule has 1 N–H and O–H groups in total. The summed E-state index contributed by atoms with van der Waals surface area (Å²) in [6, 6.07) is 14.4. The van der Waals surface area contributed by atoms with E-state index in [-0.39, 0.29) is 11.9 Å². The Morgan fingerprint density at radius 3 is 2.73 bits per heavy atom. The predicted molar refractivity (Wildman–Crippen MR) is 86.9 cm³/mol. The van der Waals surface area contributed by atoms with Crippen molar-refractivity contribution in [3.05, 3.63) is 71.1 Å². The fourth-order valence-electron chi connectivity index (χ4n) is 2.31. The Labute approximate surface area is 133 Å². The minimum absolute atomic E-state index is 0.195. The number of carbonyl (C=O) groups excluding carboxylic acids is 1. The number of para-hydroxylation sites is 1. The Morgan fingerprint density at radius 1 is 1.18 bits per heavy atom. The summed E-state index contributed by atoms with van der Waals surface area (Å²) in [7, 11) is 0. The van der Waals surface area contributed by atoms with Gasteiger partial charge in [-0.2, -0.15) is 0 Å². The lowest BCUT2D eigenvalue weighted by Gasteiger charge is -2.14. The van der Waals surface area contributed by atoms with Gasteiger partial charge in [0.05, 0.1) is 22.8 Å². The highest BCUT2D eigenvalue weighted by atomic mass is 35.5. The second-order valence-electron chi connectivity index (χ2n) is 4.96. The fraction of sp³-hybridized carbons (Fsp3) is 0.118. The van der Waals surface area contributed by atoms with Crippen LogP contribution in [0.3, 0.4) is 0 Å². The van der Waals surface area contributed by atoms with E-state index >= 15 is 0 Å². The molecule has 3 aromatic rings. The van der Waals surface area contributed by atoms with E-state index in [1.165, 1.54) is 0 Å². The molecule has 1 amide bonds. The molecule has 1 aromatic carbocycles. The summed E-state index contributed by atoms with van der Waals surface area (Å²) < 4.78 is 0. The van der Waals surface area contributed by atoms with Crippen molar-refractivity contribution < 1.29 is 4.79 Å². The molecule has 0 aliphatic rings.